The summed E-state index contributed by atoms with van der Waals surface area (Å²) >= 11 is 0. The lowest BCUT2D eigenvalue weighted by Gasteiger charge is -2.07. The van der Waals surface area contributed by atoms with E-state index in [0.717, 1.165) is 18.8 Å². The third-order valence-electron chi connectivity index (χ3n) is 2.40. The van der Waals surface area contributed by atoms with Gasteiger partial charge >= 0.3 is 5.97 Å². The predicted molar refractivity (Wildman–Crippen MR) is 63.9 cm³/mol. The standard InChI is InChI=1S/C12H18N2O2/c1-3-4-5-8-13-11-7-6-10(12(15)16)9(2)14-11/h6-7H,3-5,8H2,1-2H3,(H,13,14)(H,15,16). The molecule has 88 valence electrons. The van der Waals surface area contributed by atoms with Gasteiger partial charge in [0.25, 0.3) is 0 Å². The topological polar surface area (TPSA) is 62.2 Å². The van der Waals surface area contributed by atoms with Crippen molar-refractivity contribution < 1.29 is 9.90 Å². The van der Waals surface area contributed by atoms with Crippen molar-refractivity contribution in [1.29, 1.82) is 0 Å². The van der Waals surface area contributed by atoms with Crippen molar-refractivity contribution in [3.63, 3.8) is 0 Å². The van der Waals surface area contributed by atoms with Gasteiger partial charge in [-0.05, 0) is 25.5 Å². The number of anilines is 1. The van der Waals surface area contributed by atoms with Crippen molar-refractivity contribution in [3.05, 3.63) is 23.4 Å². The second-order valence-corrected chi connectivity index (χ2v) is 3.77. The normalized spacial score (nSPS) is 10.1. The van der Waals surface area contributed by atoms with E-state index in [9.17, 15) is 4.79 Å². The Morgan fingerprint density at radius 3 is 2.75 bits per heavy atom. The number of aryl methyl sites for hydroxylation is 1. The molecule has 0 bridgehead atoms. The molecule has 0 fully saturated rings. The molecule has 2 N–H and O–H groups in total. The van der Waals surface area contributed by atoms with Gasteiger partial charge in [0.05, 0.1) is 11.3 Å². The van der Waals surface area contributed by atoms with Gasteiger partial charge in [0.2, 0.25) is 0 Å². The Hall–Kier alpha value is -1.58. The average Bonchev–Trinajstić information content (AvgIpc) is 2.24. The smallest absolute Gasteiger partial charge is 0.337 e. The summed E-state index contributed by atoms with van der Waals surface area (Å²) < 4.78 is 0. The van der Waals surface area contributed by atoms with Crippen LogP contribution in [0.4, 0.5) is 5.82 Å². The van der Waals surface area contributed by atoms with E-state index in [-0.39, 0.29) is 5.56 Å². The summed E-state index contributed by atoms with van der Waals surface area (Å²) in [4.78, 5) is 15.0. The Kier molecular flexibility index (Phi) is 4.76. The van der Waals surface area contributed by atoms with Crippen LogP contribution in [0.25, 0.3) is 0 Å². The first kappa shape index (κ1) is 12.5. The molecule has 0 aliphatic carbocycles. The number of aromatic carboxylic acids is 1. The molecule has 4 heteroatoms. The van der Waals surface area contributed by atoms with E-state index in [1.807, 2.05) is 0 Å². The van der Waals surface area contributed by atoms with Gasteiger partial charge in [0.15, 0.2) is 0 Å². The number of hydrogen-bond donors (Lipinski definition) is 2. The Morgan fingerprint density at radius 2 is 2.19 bits per heavy atom. The summed E-state index contributed by atoms with van der Waals surface area (Å²) in [6.45, 7) is 4.75. The molecule has 0 unspecified atom stereocenters. The van der Waals surface area contributed by atoms with Crippen LogP contribution in [0.5, 0.6) is 0 Å². The maximum absolute atomic E-state index is 10.8. The molecule has 0 saturated carbocycles. The first-order valence-electron chi connectivity index (χ1n) is 5.60. The number of carboxylic acids is 1. The monoisotopic (exact) mass is 222 g/mol. The fourth-order valence-electron chi connectivity index (χ4n) is 1.48. The van der Waals surface area contributed by atoms with Crippen LogP contribution in [0, 0.1) is 6.92 Å². The highest BCUT2D eigenvalue weighted by Crippen LogP contribution is 2.10. The van der Waals surface area contributed by atoms with Crippen molar-refractivity contribution in [1.82, 2.24) is 4.98 Å². The molecule has 16 heavy (non-hydrogen) atoms. The number of rotatable bonds is 6. The number of unbranched alkanes of at least 4 members (excludes halogenated alkanes) is 2. The molecular weight excluding hydrogens is 204 g/mol. The van der Waals surface area contributed by atoms with Gasteiger partial charge in [0.1, 0.15) is 5.82 Å². The number of hydrogen-bond acceptors (Lipinski definition) is 3. The van der Waals surface area contributed by atoms with E-state index in [1.165, 1.54) is 12.8 Å². The van der Waals surface area contributed by atoms with Crippen molar-refractivity contribution in [3.8, 4) is 0 Å². The van der Waals surface area contributed by atoms with Crippen molar-refractivity contribution in [2.75, 3.05) is 11.9 Å². The molecule has 0 atom stereocenters. The van der Waals surface area contributed by atoms with Crippen LogP contribution in [-0.2, 0) is 0 Å². The minimum Gasteiger partial charge on any atom is -0.478 e. The van der Waals surface area contributed by atoms with Gasteiger partial charge < -0.3 is 10.4 Å². The highest BCUT2D eigenvalue weighted by Gasteiger charge is 2.07. The zero-order chi connectivity index (χ0) is 12.0. The molecule has 0 saturated heterocycles. The van der Waals surface area contributed by atoms with Crippen LogP contribution in [0.15, 0.2) is 12.1 Å². The maximum atomic E-state index is 10.8. The summed E-state index contributed by atoms with van der Waals surface area (Å²) in [6.07, 6.45) is 3.49. The van der Waals surface area contributed by atoms with Crippen LogP contribution < -0.4 is 5.32 Å². The van der Waals surface area contributed by atoms with Gasteiger partial charge in [-0.3, -0.25) is 0 Å². The number of aromatic nitrogens is 1. The average molecular weight is 222 g/mol. The molecule has 0 radical (unpaired) electrons. The Labute approximate surface area is 95.7 Å². The van der Waals surface area contributed by atoms with Gasteiger partial charge in [-0.15, -0.1) is 0 Å². The van der Waals surface area contributed by atoms with Crippen LogP contribution in [0.1, 0.15) is 42.2 Å². The third kappa shape index (κ3) is 3.53. The molecule has 0 amide bonds. The molecule has 1 aromatic heterocycles. The van der Waals surface area contributed by atoms with E-state index in [2.05, 4.69) is 17.2 Å². The molecule has 1 aromatic rings. The largest absolute Gasteiger partial charge is 0.478 e. The van der Waals surface area contributed by atoms with Crippen molar-refractivity contribution >= 4 is 11.8 Å². The number of nitrogens with one attached hydrogen (secondary N) is 1. The Bertz CT molecular complexity index is 364. The molecule has 0 spiro atoms. The molecular formula is C12H18N2O2. The van der Waals surface area contributed by atoms with E-state index < -0.39 is 5.97 Å². The predicted octanol–water partition coefficient (Wildman–Crippen LogP) is 2.69. The summed E-state index contributed by atoms with van der Waals surface area (Å²) in [5.41, 5.74) is 0.812. The summed E-state index contributed by atoms with van der Waals surface area (Å²) in [7, 11) is 0. The summed E-state index contributed by atoms with van der Waals surface area (Å²) in [6, 6.07) is 3.30. The van der Waals surface area contributed by atoms with Gasteiger partial charge in [-0.25, -0.2) is 9.78 Å². The minimum atomic E-state index is -0.928. The quantitative estimate of drug-likeness (QED) is 0.726. The van der Waals surface area contributed by atoms with E-state index >= 15 is 0 Å². The summed E-state index contributed by atoms with van der Waals surface area (Å²) in [5.74, 6) is -0.180. The fourth-order valence-corrected chi connectivity index (χ4v) is 1.48. The summed E-state index contributed by atoms with van der Waals surface area (Å²) in [5, 5.41) is 12.0. The fraction of sp³-hybridized carbons (Fsp3) is 0.500. The van der Waals surface area contributed by atoms with E-state index in [1.54, 1.807) is 19.1 Å². The zero-order valence-electron chi connectivity index (χ0n) is 9.79. The van der Waals surface area contributed by atoms with E-state index in [0.29, 0.717) is 5.69 Å². The lowest BCUT2D eigenvalue weighted by molar-refractivity contribution is 0.0695. The van der Waals surface area contributed by atoms with Gasteiger partial charge in [-0.2, -0.15) is 0 Å². The first-order valence-corrected chi connectivity index (χ1v) is 5.60. The highest BCUT2D eigenvalue weighted by molar-refractivity contribution is 5.88. The number of carboxylic acid groups (broad SMARTS) is 1. The van der Waals surface area contributed by atoms with Crippen molar-refractivity contribution in [2.24, 2.45) is 0 Å². The lowest BCUT2D eigenvalue weighted by atomic mass is 10.2. The Balaban J connectivity index is 2.56. The number of carbonyl (C=O) groups is 1. The highest BCUT2D eigenvalue weighted by atomic mass is 16.4. The SMILES string of the molecule is CCCCCNc1ccc(C(=O)O)c(C)n1. The number of nitrogens with zero attached hydrogens (tertiary/aromatic N) is 1. The van der Waals surface area contributed by atoms with Crippen LogP contribution in [0.2, 0.25) is 0 Å². The molecule has 0 aliphatic rings. The van der Waals surface area contributed by atoms with Crippen LogP contribution >= 0.6 is 0 Å². The van der Waals surface area contributed by atoms with Gasteiger partial charge in [-0.1, -0.05) is 19.8 Å². The molecule has 1 heterocycles. The number of pyridine rings is 1. The third-order valence-corrected chi connectivity index (χ3v) is 2.40. The van der Waals surface area contributed by atoms with Crippen LogP contribution in [-0.4, -0.2) is 22.6 Å². The molecule has 0 aliphatic heterocycles. The molecule has 4 nitrogen and oxygen atoms in total. The van der Waals surface area contributed by atoms with E-state index in [4.69, 9.17) is 5.11 Å². The second kappa shape index (κ2) is 6.10. The minimum absolute atomic E-state index is 0.263. The van der Waals surface area contributed by atoms with Crippen LogP contribution in [0.3, 0.4) is 0 Å². The molecule has 1 rings (SSSR count). The van der Waals surface area contributed by atoms with Gasteiger partial charge in [0, 0.05) is 6.54 Å². The molecule has 0 aromatic carbocycles. The lowest BCUT2D eigenvalue weighted by Crippen LogP contribution is -2.07. The first-order chi connectivity index (χ1) is 7.65. The Morgan fingerprint density at radius 1 is 1.44 bits per heavy atom. The maximum Gasteiger partial charge on any atom is 0.337 e. The second-order valence-electron chi connectivity index (χ2n) is 3.77. The van der Waals surface area contributed by atoms with Crippen molar-refractivity contribution in [2.45, 2.75) is 33.1 Å². The zero-order valence-corrected chi connectivity index (χ0v) is 9.79.